The number of anilines is 2. The summed E-state index contributed by atoms with van der Waals surface area (Å²) in [5.41, 5.74) is 11.5. The Bertz CT molecular complexity index is 8800. The molecule has 4 aliphatic heterocycles. The molecule has 142 heavy (non-hydrogen) atoms. The second-order valence-electron chi connectivity index (χ2n) is 35.7. The largest absolute Gasteiger partial charge is 0.457 e. The molecule has 4 aromatic heterocycles. The van der Waals surface area contributed by atoms with Gasteiger partial charge in [-0.2, -0.15) is 0 Å². The molecule has 0 unspecified atom stereocenters. The van der Waals surface area contributed by atoms with Crippen molar-refractivity contribution in [3.63, 3.8) is 0 Å². The van der Waals surface area contributed by atoms with Crippen molar-refractivity contribution in [1.82, 2.24) is 28.1 Å². The summed E-state index contributed by atoms with van der Waals surface area (Å²) in [6.07, 6.45) is 1.71. The minimum atomic E-state index is -0.648. The highest BCUT2D eigenvalue weighted by Gasteiger charge is 2.41. The van der Waals surface area contributed by atoms with Gasteiger partial charge in [-0.05, 0) is 298 Å². The predicted octanol–water partition coefficient (Wildman–Crippen LogP) is 15.5. The van der Waals surface area contributed by atoms with Crippen LogP contribution in [0.3, 0.4) is 0 Å². The van der Waals surface area contributed by atoms with Gasteiger partial charge >= 0.3 is 0 Å². The minimum absolute atomic E-state index is 0.00868. The molecule has 0 fully saturated rings. The summed E-state index contributed by atoms with van der Waals surface area (Å²) in [5, 5.41) is 0.283. The zero-order valence-electron chi connectivity index (χ0n) is 77.6. The molecule has 0 bridgehead atoms. The Balaban J connectivity index is 0.000000149. The number of carbonyl (C=O) groups excluding carboxylic acids is 10. The first kappa shape index (κ1) is 90.9. The number of hydrogen-bond donors (Lipinski definition) is 0. The molecule has 8 heterocycles. The Labute approximate surface area is 804 Å². The van der Waals surface area contributed by atoms with Crippen molar-refractivity contribution in [2.45, 2.75) is 61.3 Å². The Kier molecular flexibility index (Phi) is 22.2. The number of ketones is 2. The number of amides is 8. The number of nitrogens with zero attached hydrogens (tertiary/aromatic N) is 8. The van der Waals surface area contributed by atoms with E-state index in [1.807, 2.05) is 19.1 Å². The number of ether oxygens (including phenoxy) is 2. The van der Waals surface area contributed by atoms with Crippen LogP contribution >= 0.6 is 0 Å². The van der Waals surface area contributed by atoms with E-state index in [1.165, 1.54) is 211 Å². The van der Waals surface area contributed by atoms with Crippen molar-refractivity contribution in [2.24, 2.45) is 7.05 Å². The SMILES string of the molecule is CN1C(=O)c2ccc(C(=O)c3ccc4c(c3)C(=O)N(c3ccc(Oc5ccc(N6C(=O)c7ccc(C(=O)c8ccc9c(c8)C(=O)N(C)C9=O)cc7C6=O)cc5)cc3)C4=O)cc2C1=O.Cc1ccc(Cc2ccc(-n3c(=O)c4cc5c(=O)n(-c6ccc(Oc7ccc(-n8c(=O)c9cc%10c(=O)n(C)c(=O)c%10cc9c8=O)cc7)cc6)c(=O)c5cc4c3=O)c(C)c2)cc1C.Cc1ccc(Cc2ccc(C)c(C)c2)cc1C. The molecular weight excluding hydrogens is 1800 g/mol. The molecule has 8 amide bonds. The quantitative estimate of drug-likeness (QED) is 0.0603. The maximum atomic E-state index is 13.8. The van der Waals surface area contributed by atoms with Crippen molar-refractivity contribution >= 4 is 113 Å². The fourth-order valence-corrected chi connectivity index (χ4v) is 18.5. The third-order valence-corrected chi connectivity index (χ3v) is 26.9. The number of imide groups is 4. The van der Waals surface area contributed by atoms with Crippen LogP contribution in [0.4, 0.5) is 11.4 Å². The molecule has 0 N–H and O–H groups in total. The molecule has 18 aromatic rings. The van der Waals surface area contributed by atoms with Gasteiger partial charge in [0, 0.05) is 43.4 Å². The average molecular weight is 1880 g/mol. The van der Waals surface area contributed by atoms with Gasteiger partial charge in [-0.3, -0.25) is 101 Å². The first-order valence-electron chi connectivity index (χ1n) is 44.9. The summed E-state index contributed by atoms with van der Waals surface area (Å²) in [5.74, 6) is -4.12. The van der Waals surface area contributed by atoms with E-state index in [-0.39, 0.29) is 133 Å². The maximum absolute atomic E-state index is 13.8. The lowest BCUT2D eigenvalue weighted by atomic mass is 9.96. The van der Waals surface area contributed by atoms with E-state index in [4.69, 9.17) is 9.47 Å². The molecule has 694 valence electrons. The van der Waals surface area contributed by atoms with E-state index < -0.39 is 103 Å². The molecule has 0 saturated heterocycles. The zero-order valence-corrected chi connectivity index (χ0v) is 77.6. The standard InChI is InChI=1S/C49H32N4O9.C48H26N4O11.C17H20/c1-24-5-6-27(17-25(24)2)19-28-7-16-41(26(3)18-28)53-48(60)39-22-37-38(23-40(39)49(53)61)47(59)52(46(37)58)30-10-14-32(15-11-30)62-31-12-8-29(9-13-31)51-44(56)35-20-33-34(21-36(35)45(51)57)43(55)50(4)42(33)54;1-49-41(55)31-15-3-23(19-35(31)43(49)57)39(53)25-5-17-33-37(21-25)47(61)51(45(33)59)27-7-11-29(12-8-27)63-30-13-9-28(10-14-30)52-46(60)34-18-6-26(22-38(34)48(52)62)40(54)24-4-16-32-36(20-24)44(58)50(2)42(32)56;1-12-5-7-16(9-14(12)3)11-17-8-6-13(2)15(4)10-17/h5-18,20-23H,19H2,1-4H3;3-22H,1-2H3;5-10H,11H2,1-4H3. The van der Waals surface area contributed by atoms with E-state index in [1.54, 1.807) is 54.6 Å². The zero-order chi connectivity index (χ0) is 100. The molecular formula is C114H78N8O20. The molecule has 4 aliphatic rings. The lowest BCUT2D eigenvalue weighted by Crippen LogP contribution is -2.29. The van der Waals surface area contributed by atoms with Gasteiger partial charge in [-0.15, -0.1) is 0 Å². The van der Waals surface area contributed by atoms with E-state index in [2.05, 4.69) is 96.1 Å². The summed E-state index contributed by atoms with van der Waals surface area (Å²) in [7, 11) is 4.04. The second kappa shape index (κ2) is 34.7. The maximum Gasteiger partial charge on any atom is 0.266 e. The summed E-state index contributed by atoms with van der Waals surface area (Å²) in [4.78, 5) is 241. The van der Waals surface area contributed by atoms with Crippen LogP contribution < -0.4 is 63.7 Å². The average Bonchev–Trinajstić information content (AvgIpc) is 1.56. The summed E-state index contributed by atoms with van der Waals surface area (Å²) >= 11 is 0. The normalized spacial score (nSPS) is 13.1. The van der Waals surface area contributed by atoms with Gasteiger partial charge in [0.05, 0.1) is 116 Å². The first-order chi connectivity index (χ1) is 68.0. The Morgan fingerprint density at radius 1 is 0.218 bits per heavy atom. The van der Waals surface area contributed by atoms with Gasteiger partial charge < -0.3 is 9.47 Å². The molecule has 0 atom stereocenters. The highest BCUT2D eigenvalue weighted by Crippen LogP contribution is 2.38. The van der Waals surface area contributed by atoms with E-state index in [0.717, 1.165) is 61.0 Å². The van der Waals surface area contributed by atoms with Crippen LogP contribution in [0.1, 0.15) is 176 Å². The molecule has 28 heteroatoms. The van der Waals surface area contributed by atoms with Crippen molar-refractivity contribution in [3.05, 3.63) is 478 Å². The van der Waals surface area contributed by atoms with Gasteiger partial charge in [0.2, 0.25) is 0 Å². The fourth-order valence-electron chi connectivity index (χ4n) is 18.5. The lowest BCUT2D eigenvalue weighted by molar-refractivity contribution is 0.0677. The Hall–Kier alpha value is -18.9. The molecule has 22 rings (SSSR count). The second-order valence-corrected chi connectivity index (χ2v) is 35.7. The molecule has 0 aliphatic carbocycles. The summed E-state index contributed by atoms with van der Waals surface area (Å²) in [6, 6.07) is 71.8. The number of carbonyl (C=O) groups is 10. The third kappa shape index (κ3) is 15.4. The number of rotatable bonds is 17. The fraction of sp³-hybridized carbons (Fsp3) is 0.105. The van der Waals surface area contributed by atoms with Crippen LogP contribution in [0.5, 0.6) is 23.0 Å². The van der Waals surface area contributed by atoms with Crippen LogP contribution in [0.25, 0.3) is 60.2 Å². The summed E-state index contributed by atoms with van der Waals surface area (Å²) in [6.45, 7) is 14.7. The molecule has 28 nitrogen and oxygen atoms in total. The Morgan fingerprint density at radius 2 is 0.458 bits per heavy atom. The number of aromatic nitrogens is 4. The molecule has 0 radical (unpaired) electrons. The number of aryl methyl sites for hydroxylation is 7. The first-order valence-corrected chi connectivity index (χ1v) is 44.9. The van der Waals surface area contributed by atoms with Crippen LogP contribution in [-0.2, 0) is 19.9 Å². The van der Waals surface area contributed by atoms with Gasteiger partial charge in [0.25, 0.3) is 91.7 Å². The van der Waals surface area contributed by atoms with Gasteiger partial charge in [-0.1, -0.05) is 91.0 Å². The molecule has 14 aromatic carbocycles. The van der Waals surface area contributed by atoms with Gasteiger partial charge in [-0.25, -0.2) is 23.5 Å². The van der Waals surface area contributed by atoms with E-state index >= 15 is 0 Å². The topological polar surface area (TPSA) is 358 Å². The number of hydrogen-bond acceptors (Lipinski definition) is 20. The monoisotopic (exact) mass is 1880 g/mol. The Morgan fingerprint density at radius 3 is 0.746 bits per heavy atom. The van der Waals surface area contributed by atoms with Gasteiger partial charge in [0.1, 0.15) is 23.0 Å². The highest BCUT2D eigenvalue weighted by atomic mass is 16.5. The lowest BCUT2D eigenvalue weighted by Gasteiger charge is -2.16. The minimum Gasteiger partial charge on any atom is -0.457 e. The van der Waals surface area contributed by atoms with Crippen molar-refractivity contribution in [2.75, 3.05) is 23.9 Å². The van der Waals surface area contributed by atoms with Crippen molar-refractivity contribution in [3.8, 4) is 40.1 Å². The van der Waals surface area contributed by atoms with Crippen LogP contribution in [-0.4, -0.2) is 101 Å². The summed E-state index contributed by atoms with van der Waals surface area (Å²) < 4.78 is 15.9. The van der Waals surface area contributed by atoms with Crippen molar-refractivity contribution < 1.29 is 57.4 Å². The number of benzene rings is 14. The smallest absolute Gasteiger partial charge is 0.266 e. The van der Waals surface area contributed by atoms with E-state index in [0.29, 0.717) is 35.1 Å². The molecule has 0 spiro atoms. The number of fused-ring (bicyclic) bond motifs is 8. The molecule has 0 saturated carbocycles. The van der Waals surface area contributed by atoms with Crippen LogP contribution in [0.15, 0.2) is 305 Å². The highest BCUT2D eigenvalue weighted by molar-refractivity contribution is 6.36. The predicted molar refractivity (Wildman–Crippen MR) is 534 cm³/mol. The third-order valence-electron chi connectivity index (χ3n) is 26.9. The van der Waals surface area contributed by atoms with Crippen LogP contribution in [0.2, 0.25) is 0 Å². The van der Waals surface area contributed by atoms with Crippen LogP contribution in [0, 0.1) is 48.5 Å². The van der Waals surface area contributed by atoms with Gasteiger partial charge in [0.15, 0.2) is 11.6 Å². The van der Waals surface area contributed by atoms with Crippen molar-refractivity contribution in [1.29, 1.82) is 0 Å². The van der Waals surface area contributed by atoms with E-state index in [9.17, 15) is 86.3 Å².